The lowest BCUT2D eigenvalue weighted by Gasteiger charge is -2.36. The van der Waals surface area contributed by atoms with Gasteiger partial charge in [0.15, 0.2) is 0 Å². The molecular weight excluding hydrogens is 242 g/mol. The normalized spacial score (nSPS) is 21.3. The monoisotopic (exact) mass is 269 g/mol. The van der Waals surface area contributed by atoms with Crippen molar-refractivity contribution >= 4 is 11.8 Å². The summed E-state index contributed by atoms with van der Waals surface area (Å²) in [6.45, 7) is 5.20. The highest BCUT2D eigenvalue weighted by molar-refractivity contribution is 5.88. The van der Waals surface area contributed by atoms with Gasteiger partial charge in [-0.25, -0.2) is 0 Å². The highest BCUT2D eigenvalue weighted by Crippen LogP contribution is 2.22. The van der Waals surface area contributed by atoms with E-state index in [9.17, 15) is 9.59 Å². The average molecular weight is 269 g/mol. The Hall–Kier alpha value is -1.10. The quantitative estimate of drug-likeness (QED) is 0.773. The molecule has 2 unspecified atom stereocenters. The molecule has 0 aliphatic carbocycles. The van der Waals surface area contributed by atoms with Crippen LogP contribution in [0.25, 0.3) is 0 Å². The number of piperidine rings is 1. The summed E-state index contributed by atoms with van der Waals surface area (Å²) in [6.07, 6.45) is 3.51. The summed E-state index contributed by atoms with van der Waals surface area (Å²) in [5.74, 6) is 0.254. The first-order chi connectivity index (χ1) is 9.01. The third kappa shape index (κ3) is 4.20. The molecule has 110 valence electrons. The number of nitrogens with one attached hydrogen (secondary N) is 1. The van der Waals surface area contributed by atoms with Gasteiger partial charge in [0.05, 0.1) is 5.92 Å². The molecular formula is C14H27N3O2. The number of amides is 2. The van der Waals surface area contributed by atoms with E-state index in [4.69, 9.17) is 5.73 Å². The van der Waals surface area contributed by atoms with Crippen molar-refractivity contribution in [3.05, 3.63) is 0 Å². The number of nitrogens with two attached hydrogens (primary N) is 1. The van der Waals surface area contributed by atoms with Crippen LogP contribution in [0.1, 0.15) is 39.5 Å². The Morgan fingerprint density at radius 2 is 2.05 bits per heavy atom. The molecule has 5 heteroatoms. The zero-order valence-corrected chi connectivity index (χ0v) is 12.3. The molecule has 1 rings (SSSR count). The summed E-state index contributed by atoms with van der Waals surface area (Å²) < 4.78 is 0. The lowest BCUT2D eigenvalue weighted by atomic mass is 9.93. The number of carbonyl (C=O) groups excluding carboxylic acids is 2. The molecule has 0 spiro atoms. The molecule has 19 heavy (non-hydrogen) atoms. The summed E-state index contributed by atoms with van der Waals surface area (Å²) in [6, 6.07) is -0.313. The minimum absolute atomic E-state index is 0.0458. The van der Waals surface area contributed by atoms with E-state index in [0.29, 0.717) is 19.0 Å². The lowest BCUT2D eigenvalue weighted by Crippen LogP contribution is -2.53. The van der Waals surface area contributed by atoms with Crippen LogP contribution in [0, 0.1) is 11.8 Å². The lowest BCUT2D eigenvalue weighted by molar-refractivity contribution is -0.145. The predicted molar refractivity (Wildman–Crippen MR) is 75.4 cm³/mol. The van der Waals surface area contributed by atoms with Crippen molar-refractivity contribution in [3.63, 3.8) is 0 Å². The van der Waals surface area contributed by atoms with E-state index in [2.05, 4.69) is 19.2 Å². The molecule has 3 N–H and O–H groups in total. The molecule has 0 saturated carbocycles. The van der Waals surface area contributed by atoms with Crippen LogP contribution in [-0.2, 0) is 9.59 Å². The van der Waals surface area contributed by atoms with Crippen LogP contribution in [0.4, 0.5) is 0 Å². The van der Waals surface area contributed by atoms with Crippen molar-refractivity contribution in [2.75, 3.05) is 20.1 Å². The van der Waals surface area contributed by atoms with Crippen molar-refractivity contribution in [2.24, 2.45) is 17.6 Å². The molecule has 2 atom stereocenters. The number of likely N-dealkylation sites (tertiary alicyclic amines) is 1. The molecule has 0 bridgehead atoms. The molecule has 1 fully saturated rings. The smallest absolute Gasteiger partial charge is 0.242 e. The summed E-state index contributed by atoms with van der Waals surface area (Å²) in [4.78, 5) is 26.2. The summed E-state index contributed by atoms with van der Waals surface area (Å²) in [5, 5.41) is 2.65. The maximum atomic E-state index is 12.6. The standard InChI is InChI=1S/C14H27N3O2/c1-10(2)8-11(9-15)14(19)17-7-5-4-6-12(17)13(18)16-3/h10-12H,4-9,15H2,1-3H3,(H,16,18). The summed E-state index contributed by atoms with van der Waals surface area (Å²) in [5.41, 5.74) is 5.73. The molecule has 2 amide bonds. The molecule has 1 heterocycles. The predicted octanol–water partition coefficient (Wildman–Crippen LogP) is 0.734. The third-order valence-electron chi connectivity index (χ3n) is 3.72. The van der Waals surface area contributed by atoms with Crippen LogP contribution in [-0.4, -0.2) is 42.9 Å². The van der Waals surface area contributed by atoms with E-state index < -0.39 is 0 Å². The Labute approximate surface area is 115 Å². The van der Waals surface area contributed by atoms with E-state index >= 15 is 0 Å². The Bertz CT molecular complexity index is 318. The van der Waals surface area contributed by atoms with E-state index in [-0.39, 0.29) is 23.8 Å². The Balaban J connectivity index is 2.78. The van der Waals surface area contributed by atoms with Gasteiger partial charge < -0.3 is 16.0 Å². The van der Waals surface area contributed by atoms with Gasteiger partial charge in [0.1, 0.15) is 6.04 Å². The topological polar surface area (TPSA) is 75.4 Å². The largest absolute Gasteiger partial charge is 0.357 e. The Morgan fingerprint density at radius 1 is 1.37 bits per heavy atom. The first-order valence-electron chi connectivity index (χ1n) is 7.23. The summed E-state index contributed by atoms with van der Waals surface area (Å²) >= 11 is 0. The molecule has 0 radical (unpaired) electrons. The fourth-order valence-electron chi connectivity index (χ4n) is 2.74. The van der Waals surface area contributed by atoms with Crippen LogP contribution >= 0.6 is 0 Å². The van der Waals surface area contributed by atoms with Gasteiger partial charge in [-0.3, -0.25) is 9.59 Å². The van der Waals surface area contributed by atoms with Gasteiger partial charge in [0.2, 0.25) is 11.8 Å². The zero-order valence-electron chi connectivity index (χ0n) is 12.3. The SMILES string of the molecule is CNC(=O)C1CCCCN1C(=O)C(CN)CC(C)C. The highest BCUT2D eigenvalue weighted by Gasteiger charge is 2.34. The molecule has 0 aromatic heterocycles. The minimum Gasteiger partial charge on any atom is -0.357 e. The van der Waals surface area contributed by atoms with Gasteiger partial charge in [-0.2, -0.15) is 0 Å². The van der Waals surface area contributed by atoms with Crippen LogP contribution in [0.15, 0.2) is 0 Å². The van der Waals surface area contributed by atoms with Crippen molar-refractivity contribution in [3.8, 4) is 0 Å². The van der Waals surface area contributed by atoms with Gasteiger partial charge in [-0.15, -0.1) is 0 Å². The maximum Gasteiger partial charge on any atom is 0.242 e. The van der Waals surface area contributed by atoms with E-state index in [0.717, 1.165) is 25.7 Å². The number of nitrogens with zero attached hydrogens (tertiary/aromatic N) is 1. The number of rotatable bonds is 5. The first kappa shape index (κ1) is 16.0. The van der Waals surface area contributed by atoms with Crippen LogP contribution in [0.2, 0.25) is 0 Å². The van der Waals surface area contributed by atoms with Crippen molar-refractivity contribution < 1.29 is 9.59 Å². The van der Waals surface area contributed by atoms with Crippen molar-refractivity contribution in [1.82, 2.24) is 10.2 Å². The van der Waals surface area contributed by atoms with Crippen LogP contribution < -0.4 is 11.1 Å². The molecule has 1 saturated heterocycles. The van der Waals surface area contributed by atoms with Crippen molar-refractivity contribution in [1.29, 1.82) is 0 Å². The van der Waals surface area contributed by atoms with Gasteiger partial charge >= 0.3 is 0 Å². The molecule has 0 aromatic rings. The van der Waals surface area contributed by atoms with Gasteiger partial charge in [-0.05, 0) is 31.6 Å². The fraction of sp³-hybridized carbons (Fsp3) is 0.857. The van der Waals surface area contributed by atoms with Gasteiger partial charge in [-0.1, -0.05) is 13.8 Å². The van der Waals surface area contributed by atoms with Gasteiger partial charge in [0, 0.05) is 20.1 Å². The molecule has 1 aliphatic heterocycles. The van der Waals surface area contributed by atoms with E-state index in [1.54, 1.807) is 11.9 Å². The molecule has 5 nitrogen and oxygen atoms in total. The second-order valence-corrected chi connectivity index (χ2v) is 5.72. The highest BCUT2D eigenvalue weighted by atomic mass is 16.2. The summed E-state index contributed by atoms with van der Waals surface area (Å²) in [7, 11) is 1.62. The van der Waals surface area contributed by atoms with E-state index in [1.807, 2.05) is 0 Å². The average Bonchev–Trinajstić information content (AvgIpc) is 2.42. The zero-order chi connectivity index (χ0) is 14.4. The number of carbonyl (C=O) groups is 2. The Kier molecular flexibility index (Phi) is 6.28. The van der Waals surface area contributed by atoms with Crippen LogP contribution in [0.5, 0.6) is 0 Å². The van der Waals surface area contributed by atoms with Crippen molar-refractivity contribution in [2.45, 2.75) is 45.6 Å². The number of hydrogen-bond acceptors (Lipinski definition) is 3. The second kappa shape index (κ2) is 7.48. The number of hydrogen-bond donors (Lipinski definition) is 2. The minimum atomic E-state index is -0.313. The fourth-order valence-corrected chi connectivity index (χ4v) is 2.74. The van der Waals surface area contributed by atoms with Gasteiger partial charge in [0.25, 0.3) is 0 Å². The third-order valence-corrected chi connectivity index (χ3v) is 3.72. The molecule has 1 aliphatic rings. The van der Waals surface area contributed by atoms with E-state index in [1.165, 1.54) is 0 Å². The molecule has 0 aromatic carbocycles. The second-order valence-electron chi connectivity index (χ2n) is 5.72. The Morgan fingerprint density at radius 3 is 2.58 bits per heavy atom. The first-order valence-corrected chi connectivity index (χ1v) is 7.23. The van der Waals surface area contributed by atoms with Crippen LogP contribution in [0.3, 0.4) is 0 Å². The maximum absolute atomic E-state index is 12.6. The number of likely N-dealkylation sites (N-methyl/N-ethyl adjacent to an activating group) is 1.